The Morgan fingerprint density at radius 3 is 2.53 bits per heavy atom. The molecule has 0 bridgehead atoms. The highest BCUT2D eigenvalue weighted by molar-refractivity contribution is 5.99. The normalized spacial score (nSPS) is 23.2. The summed E-state index contributed by atoms with van der Waals surface area (Å²) in [5.74, 6) is -4.03. The van der Waals surface area contributed by atoms with E-state index in [1.54, 1.807) is 19.5 Å². The number of carbonyl (C=O) groups excluding carboxylic acids is 1. The van der Waals surface area contributed by atoms with E-state index in [1.165, 1.54) is 4.90 Å². The van der Waals surface area contributed by atoms with Gasteiger partial charge in [-0.05, 0) is 67.7 Å². The number of imidazole rings is 1. The van der Waals surface area contributed by atoms with E-state index in [-0.39, 0.29) is 24.3 Å². The number of ether oxygens (including phenoxy) is 1. The standard InChI is InChI=1S/C27H25F4N3O2/c1-15-13-33(14-32-15)23-6-3-16(8-25(23)36-2)7-17-4-5-20-11-19(28)12-24(34(20)27(17)35)18-9-21(29)26(31)22(30)10-18/h3,6-10,13-14,19-20,24H,4-5,11-12H2,1-2H3/t19-,20+,24-/m0/s1. The van der Waals surface area contributed by atoms with Crippen molar-refractivity contribution in [2.24, 2.45) is 0 Å². The second-order valence-corrected chi connectivity index (χ2v) is 9.31. The molecule has 2 aliphatic heterocycles. The molecule has 1 amide bonds. The average Bonchev–Trinajstić information content (AvgIpc) is 3.29. The van der Waals surface area contributed by atoms with Crippen LogP contribution in [0.2, 0.25) is 0 Å². The molecule has 188 valence electrons. The van der Waals surface area contributed by atoms with E-state index in [0.29, 0.717) is 24.2 Å². The second-order valence-electron chi connectivity index (χ2n) is 9.31. The minimum atomic E-state index is -1.59. The maximum atomic E-state index is 14.6. The molecule has 0 spiro atoms. The summed E-state index contributed by atoms with van der Waals surface area (Å²) in [5.41, 5.74) is 2.95. The lowest BCUT2D eigenvalue weighted by Gasteiger charge is -2.46. The van der Waals surface area contributed by atoms with Crippen LogP contribution in [0.1, 0.15) is 48.5 Å². The Balaban J connectivity index is 1.47. The van der Waals surface area contributed by atoms with Crippen molar-refractivity contribution in [3.8, 4) is 11.4 Å². The molecule has 9 heteroatoms. The van der Waals surface area contributed by atoms with Crippen molar-refractivity contribution in [3.63, 3.8) is 0 Å². The molecule has 2 fully saturated rings. The summed E-state index contributed by atoms with van der Waals surface area (Å²) in [6, 6.07) is 5.95. The summed E-state index contributed by atoms with van der Waals surface area (Å²) >= 11 is 0. The molecular weight excluding hydrogens is 474 g/mol. The topological polar surface area (TPSA) is 47.4 Å². The summed E-state index contributed by atoms with van der Waals surface area (Å²) in [5, 5.41) is 0. The van der Waals surface area contributed by atoms with Gasteiger partial charge in [0.15, 0.2) is 17.5 Å². The van der Waals surface area contributed by atoms with Crippen LogP contribution in [0.4, 0.5) is 17.6 Å². The Labute approximate surface area is 206 Å². The van der Waals surface area contributed by atoms with Crippen LogP contribution in [0.25, 0.3) is 11.8 Å². The number of fused-ring (bicyclic) bond motifs is 1. The van der Waals surface area contributed by atoms with Crippen LogP contribution in [-0.4, -0.2) is 39.7 Å². The number of rotatable bonds is 4. The zero-order valence-corrected chi connectivity index (χ0v) is 19.8. The van der Waals surface area contributed by atoms with Gasteiger partial charge < -0.3 is 14.2 Å². The fourth-order valence-corrected chi connectivity index (χ4v) is 5.22. The summed E-state index contributed by atoms with van der Waals surface area (Å²) in [4.78, 5) is 19.3. The zero-order valence-electron chi connectivity index (χ0n) is 19.8. The summed E-state index contributed by atoms with van der Waals surface area (Å²) < 4.78 is 63.4. The van der Waals surface area contributed by atoms with Gasteiger partial charge >= 0.3 is 0 Å². The SMILES string of the molecule is COc1cc(C=C2CC[C@@H]3C[C@H](F)C[C@@H](c4cc(F)c(F)c(F)c4)N3C2=O)ccc1-n1cnc(C)c1. The first-order chi connectivity index (χ1) is 17.2. The van der Waals surface area contributed by atoms with Gasteiger partial charge in [-0.25, -0.2) is 22.5 Å². The van der Waals surface area contributed by atoms with Crippen molar-refractivity contribution >= 4 is 12.0 Å². The summed E-state index contributed by atoms with van der Waals surface area (Å²) in [6.45, 7) is 1.89. The number of amides is 1. The molecule has 36 heavy (non-hydrogen) atoms. The van der Waals surface area contributed by atoms with Gasteiger partial charge in [-0.2, -0.15) is 0 Å². The zero-order chi connectivity index (χ0) is 25.6. The monoisotopic (exact) mass is 499 g/mol. The Morgan fingerprint density at radius 2 is 1.86 bits per heavy atom. The van der Waals surface area contributed by atoms with E-state index in [0.717, 1.165) is 29.1 Å². The van der Waals surface area contributed by atoms with Gasteiger partial charge in [0.2, 0.25) is 0 Å². The molecule has 0 unspecified atom stereocenters. The van der Waals surface area contributed by atoms with Crippen LogP contribution in [-0.2, 0) is 4.79 Å². The lowest BCUT2D eigenvalue weighted by molar-refractivity contribution is -0.138. The molecule has 0 aliphatic carbocycles. The number of benzene rings is 2. The maximum Gasteiger partial charge on any atom is 0.250 e. The Bertz CT molecular complexity index is 1330. The Morgan fingerprint density at radius 1 is 1.11 bits per heavy atom. The van der Waals surface area contributed by atoms with Crippen LogP contribution >= 0.6 is 0 Å². The van der Waals surface area contributed by atoms with Crippen LogP contribution in [0.15, 0.2) is 48.4 Å². The third kappa shape index (κ3) is 4.38. The lowest BCUT2D eigenvalue weighted by Crippen LogP contribution is -2.51. The fraction of sp³-hybridized carbons (Fsp3) is 0.333. The van der Waals surface area contributed by atoms with Gasteiger partial charge in [0, 0.05) is 24.2 Å². The number of alkyl halides is 1. The maximum absolute atomic E-state index is 14.6. The van der Waals surface area contributed by atoms with Gasteiger partial charge in [0.1, 0.15) is 11.9 Å². The van der Waals surface area contributed by atoms with Crippen molar-refractivity contribution in [1.82, 2.24) is 14.5 Å². The number of aromatic nitrogens is 2. The van der Waals surface area contributed by atoms with E-state index >= 15 is 0 Å². The van der Waals surface area contributed by atoms with Gasteiger partial charge in [-0.3, -0.25) is 4.79 Å². The van der Waals surface area contributed by atoms with E-state index < -0.39 is 35.7 Å². The summed E-state index contributed by atoms with van der Waals surface area (Å²) in [6.07, 6.45) is 5.10. The van der Waals surface area contributed by atoms with E-state index in [9.17, 15) is 22.4 Å². The minimum Gasteiger partial charge on any atom is -0.495 e. The fourth-order valence-electron chi connectivity index (χ4n) is 5.22. The molecule has 2 aliphatic rings. The molecular formula is C27H25F4N3O2. The third-order valence-electron chi connectivity index (χ3n) is 6.92. The van der Waals surface area contributed by atoms with E-state index in [1.807, 2.05) is 35.9 Å². The quantitative estimate of drug-likeness (QED) is 0.257. The van der Waals surface area contributed by atoms with Crippen molar-refractivity contribution in [1.29, 1.82) is 0 Å². The third-order valence-corrected chi connectivity index (χ3v) is 6.92. The number of hydrogen-bond donors (Lipinski definition) is 0. The number of nitrogens with zero attached hydrogens (tertiary/aromatic N) is 3. The predicted molar refractivity (Wildman–Crippen MR) is 126 cm³/mol. The predicted octanol–water partition coefficient (Wildman–Crippen LogP) is 5.85. The molecule has 3 aromatic rings. The van der Waals surface area contributed by atoms with Crippen molar-refractivity contribution in [2.75, 3.05) is 7.11 Å². The molecule has 0 saturated carbocycles. The number of aryl methyl sites for hydroxylation is 1. The van der Waals surface area contributed by atoms with E-state index in [2.05, 4.69) is 4.98 Å². The first-order valence-electron chi connectivity index (χ1n) is 11.8. The number of carbonyl (C=O) groups is 1. The number of methoxy groups -OCH3 is 1. The Hall–Kier alpha value is -3.62. The van der Waals surface area contributed by atoms with Crippen molar-refractivity contribution in [3.05, 3.63) is 82.7 Å². The van der Waals surface area contributed by atoms with Gasteiger partial charge in [0.25, 0.3) is 5.91 Å². The molecule has 2 saturated heterocycles. The molecule has 3 heterocycles. The first-order valence-corrected chi connectivity index (χ1v) is 11.8. The minimum absolute atomic E-state index is 0.0509. The highest BCUT2D eigenvalue weighted by Gasteiger charge is 2.43. The molecule has 5 rings (SSSR count). The molecule has 1 aromatic heterocycles. The molecule has 0 N–H and O–H groups in total. The lowest BCUT2D eigenvalue weighted by atomic mass is 9.83. The molecule has 5 nitrogen and oxygen atoms in total. The van der Waals surface area contributed by atoms with Gasteiger partial charge in [-0.15, -0.1) is 0 Å². The highest BCUT2D eigenvalue weighted by atomic mass is 19.2. The average molecular weight is 500 g/mol. The number of piperidine rings is 2. The number of halogens is 4. The molecule has 2 aromatic carbocycles. The largest absolute Gasteiger partial charge is 0.495 e. The van der Waals surface area contributed by atoms with Gasteiger partial charge in [0.05, 0.1) is 30.9 Å². The van der Waals surface area contributed by atoms with Gasteiger partial charge in [-0.1, -0.05) is 6.07 Å². The van der Waals surface area contributed by atoms with Crippen LogP contribution < -0.4 is 4.74 Å². The summed E-state index contributed by atoms with van der Waals surface area (Å²) in [7, 11) is 1.56. The van der Waals surface area contributed by atoms with E-state index in [4.69, 9.17) is 4.74 Å². The van der Waals surface area contributed by atoms with Crippen molar-refractivity contribution < 1.29 is 27.1 Å². The highest BCUT2D eigenvalue weighted by Crippen LogP contribution is 2.42. The Kier molecular flexibility index (Phi) is 6.32. The second kappa shape index (κ2) is 9.44. The molecule has 3 atom stereocenters. The van der Waals surface area contributed by atoms with Crippen LogP contribution in [0, 0.1) is 24.4 Å². The number of hydrogen-bond acceptors (Lipinski definition) is 3. The van der Waals surface area contributed by atoms with Crippen molar-refractivity contribution in [2.45, 2.75) is 50.9 Å². The first kappa shape index (κ1) is 24.1. The molecule has 0 radical (unpaired) electrons. The smallest absolute Gasteiger partial charge is 0.250 e. The van der Waals surface area contributed by atoms with Crippen LogP contribution in [0.3, 0.4) is 0 Å². The van der Waals surface area contributed by atoms with Crippen LogP contribution in [0.5, 0.6) is 5.75 Å².